The van der Waals surface area contributed by atoms with Gasteiger partial charge in [0.25, 0.3) is 0 Å². The molecule has 0 spiro atoms. The lowest BCUT2D eigenvalue weighted by Crippen LogP contribution is -1.76. The van der Waals surface area contributed by atoms with Crippen LogP contribution in [0.4, 0.5) is 0 Å². The van der Waals surface area contributed by atoms with Crippen LogP contribution in [0.3, 0.4) is 0 Å². The van der Waals surface area contributed by atoms with E-state index in [4.69, 9.17) is 0 Å². The Morgan fingerprint density at radius 1 is 0.812 bits per heavy atom. The number of halogens is 3. The van der Waals surface area contributed by atoms with Crippen molar-refractivity contribution in [3.8, 4) is 0 Å². The van der Waals surface area contributed by atoms with Gasteiger partial charge in [-0.05, 0) is 96.9 Å². The summed E-state index contributed by atoms with van der Waals surface area (Å²) in [7, 11) is 0. The molecular formula is C12H7Br2IS. The fraction of sp³-hybridized carbons (Fsp3) is 0. The largest absolute Gasteiger partial charge is 0.0901 e. The van der Waals surface area contributed by atoms with Crippen molar-refractivity contribution >= 4 is 66.2 Å². The maximum absolute atomic E-state index is 3.51. The molecule has 0 aliphatic rings. The highest BCUT2D eigenvalue weighted by Gasteiger charge is 2.01. The van der Waals surface area contributed by atoms with Crippen molar-refractivity contribution < 1.29 is 0 Å². The maximum atomic E-state index is 3.51. The van der Waals surface area contributed by atoms with Crippen molar-refractivity contribution in [1.29, 1.82) is 0 Å². The summed E-state index contributed by atoms with van der Waals surface area (Å²) in [4.78, 5) is 2.49. The smallest absolute Gasteiger partial charge is 0.0328 e. The fourth-order valence-electron chi connectivity index (χ4n) is 1.18. The normalized spacial score (nSPS) is 10.4. The van der Waals surface area contributed by atoms with Gasteiger partial charge in [0, 0.05) is 22.3 Å². The number of benzene rings is 2. The fourth-order valence-corrected chi connectivity index (χ4v) is 3.17. The van der Waals surface area contributed by atoms with E-state index in [-0.39, 0.29) is 0 Å². The molecule has 82 valence electrons. The molecule has 0 radical (unpaired) electrons. The van der Waals surface area contributed by atoms with E-state index in [1.54, 1.807) is 11.8 Å². The van der Waals surface area contributed by atoms with Gasteiger partial charge in [-0.15, -0.1) is 0 Å². The second kappa shape index (κ2) is 5.89. The molecule has 16 heavy (non-hydrogen) atoms. The SMILES string of the molecule is Brc1ccc(Sc2ccc(I)cc2)cc1Br. The first-order valence-electron chi connectivity index (χ1n) is 4.53. The van der Waals surface area contributed by atoms with Gasteiger partial charge in [0.1, 0.15) is 0 Å². The van der Waals surface area contributed by atoms with Crippen molar-refractivity contribution in [2.75, 3.05) is 0 Å². The van der Waals surface area contributed by atoms with Crippen molar-refractivity contribution in [1.82, 2.24) is 0 Å². The van der Waals surface area contributed by atoms with E-state index in [0.717, 1.165) is 8.95 Å². The minimum Gasteiger partial charge on any atom is -0.0901 e. The van der Waals surface area contributed by atoms with Crippen LogP contribution in [0.1, 0.15) is 0 Å². The van der Waals surface area contributed by atoms with Crippen LogP contribution in [-0.2, 0) is 0 Å². The van der Waals surface area contributed by atoms with E-state index in [9.17, 15) is 0 Å². The van der Waals surface area contributed by atoms with Gasteiger partial charge in [-0.1, -0.05) is 11.8 Å². The first-order chi connectivity index (χ1) is 7.65. The third-order valence-corrected chi connectivity index (χ3v) is 5.54. The molecule has 0 amide bonds. The highest BCUT2D eigenvalue weighted by atomic mass is 127. The molecule has 0 nitrogen and oxygen atoms in total. The van der Waals surface area contributed by atoms with Gasteiger partial charge >= 0.3 is 0 Å². The minimum absolute atomic E-state index is 1.08. The van der Waals surface area contributed by atoms with Crippen LogP contribution < -0.4 is 0 Å². The lowest BCUT2D eigenvalue weighted by atomic mass is 10.4. The van der Waals surface area contributed by atoms with E-state index >= 15 is 0 Å². The van der Waals surface area contributed by atoms with Crippen molar-refractivity contribution in [2.45, 2.75) is 9.79 Å². The molecule has 0 N–H and O–H groups in total. The Morgan fingerprint density at radius 3 is 2.06 bits per heavy atom. The number of rotatable bonds is 2. The highest BCUT2D eigenvalue weighted by molar-refractivity contribution is 14.1. The average molecular weight is 470 g/mol. The van der Waals surface area contributed by atoms with E-state index in [1.807, 2.05) is 0 Å². The van der Waals surface area contributed by atoms with E-state index < -0.39 is 0 Å². The average Bonchev–Trinajstić information content (AvgIpc) is 2.27. The number of hydrogen-bond acceptors (Lipinski definition) is 1. The van der Waals surface area contributed by atoms with Crippen LogP contribution >= 0.6 is 66.2 Å². The summed E-state index contributed by atoms with van der Waals surface area (Å²) in [6.45, 7) is 0. The van der Waals surface area contributed by atoms with Crippen LogP contribution in [0.15, 0.2) is 61.2 Å². The molecule has 0 saturated carbocycles. The van der Waals surface area contributed by atoms with Gasteiger partial charge in [-0.3, -0.25) is 0 Å². The lowest BCUT2D eigenvalue weighted by Gasteiger charge is -2.03. The Bertz CT molecular complexity index is 497. The molecule has 2 rings (SSSR count). The Balaban J connectivity index is 2.20. The Morgan fingerprint density at radius 2 is 1.44 bits per heavy atom. The molecule has 4 heteroatoms. The second-order valence-corrected chi connectivity index (χ2v) is 7.23. The summed E-state index contributed by atoms with van der Waals surface area (Å²) in [6.07, 6.45) is 0. The molecular weight excluding hydrogens is 463 g/mol. The monoisotopic (exact) mass is 468 g/mol. The summed E-state index contributed by atoms with van der Waals surface area (Å²) in [5.74, 6) is 0. The van der Waals surface area contributed by atoms with Crippen molar-refractivity contribution in [3.63, 3.8) is 0 Å². The van der Waals surface area contributed by atoms with Crippen molar-refractivity contribution in [3.05, 3.63) is 55.0 Å². The molecule has 0 heterocycles. The Hall–Kier alpha value is 0.480. The Kier molecular flexibility index (Phi) is 4.76. The van der Waals surface area contributed by atoms with Gasteiger partial charge < -0.3 is 0 Å². The van der Waals surface area contributed by atoms with Gasteiger partial charge in [0.05, 0.1) is 0 Å². The van der Waals surface area contributed by atoms with Crippen LogP contribution in [0.25, 0.3) is 0 Å². The topological polar surface area (TPSA) is 0 Å². The third-order valence-electron chi connectivity index (χ3n) is 1.94. The molecule has 0 bridgehead atoms. The molecule has 2 aromatic rings. The second-order valence-electron chi connectivity index (χ2n) is 3.13. The Labute approximate surface area is 130 Å². The van der Waals surface area contributed by atoms with Crippen LogP contribution in [0.5, 0.6) is 0 Å². The molecule has 0 aromatic heterocycles. The number of hydrogen-bond donors (Lipinski definition) is 0. The standard InChI is InChI=1S/C12H7Br2IS/c13-11-6-5-10(7-12(11)14)16-9-3-1-8(15)2-4-9/h1-7H. The van der Waals surface area contributed by atoms with Crippen LogP contribution in [0, 0.1) is 3.57 Å². The summed E-state index contributed by atoms with van der Waals surface area (Å²) in [6, 6.07) is 14.8. The van der Waals surface area contributed by atoms with E-state index in [1.165, 1.54) is 13.4 Å². The zero-order valence-electron chi connectivity index (χ0n) is 8.08. The van der Waals surface area contributed by atoms with Crippen LogP contribution in [-0.4, -0.2) is 0 Å². The molecule has 0 aliphatic heterocycles. The van der Waals surface area contributed by atoms with Crippen molar-refractivity contribution in [2.24, 2.45) is 0 Å². The van der Waals surface area contributed by atoms with Gasteiger partial charge in [-0.2, -0.15) is 0 Å². The molecule has 0 atom stereocenters. The van der Waals surface area contributed by atoms with E-state index in [2.05, 4.69) is 96.9 Å². The molecule has 0 aliphatic carbocycles. The molecule has 0 saturated heterocycles. The van der Waals surface area contributed by atoms with Crippen LogP contribution in [0.2, 0.25) is 0 Å². The highest BCUT2D eigenvalue weighted by Crippen LogP contribution is 2.32. The van der Waals surface area contributed by atoms with E-state index in [0.29, 0.717) is 0 Å². The predicted octanol–water partition coefficient (Wildman–Crippen LogP) is 5.97. The maximum Gasteiger partial charge on any atom is 0.0328 e. The lowest BCUT2D eigenvalue weighted by molar-refractivity contribution is 1.37. The van der Waals surface area contributed by atoms with Gasteiger partial charge in [-0.25, -0.2) is 0 Å². The minimum atomic E-state index is 1.08. The molecule has 2 aromatic carbocycles. The van der Waals surface area contributed by atoms with Gasteiger partial charge in [0.15, 0.2) is 0 Å². The van der Waals surface area contributed by atoms with Gasteiger partial charge in [0.2, 0.25) is 0 Å². The summed E-state index contributed by atoms with van der Waals surface area (Å²) < 4.78 is 3.43. The zero-order valence-corrected chi connectivity index (χ0v) is 14.2. The molecule has 0 fully saturated rings. The summed E-state index contributed by atoms with van der Waals surface area (Å²) >= 11 is 11.1. The first-order valence-corrected chi connectivity index (χ1v) is 8.02. The summed E-state index contributed by atoms with van der Waals surface area (Å²) in [5, 5.41) is 0. The molecule has 0 unspecified atom stereocenters. The predicted molar refractivity (Wildman–Crippen MR) is 85.1 cm³/mol. The summed E-state index contributed by atoms with van der Waals surface area (Å²) in [5.41, 5.74) is 0. The quantitative estimate of drug-likeness (QED) is 0.488. The first kappa shape index (κ1) is 12.9. The zero-order chi connectivity index (χ0) is 11.5. The third kappa shape index (κ3) is 3.48.